The van der Waals surface area contributed by atoms with E-state index in [9.17, 15) is 0 Å². The van der Waals surface area contributed by atoms with Crippen molar-refractivity contribution in [1.29, 1.82) is 0 Å². The first-order valence-electron chi connectivity index (χ1n) is 21.4. The highest BCUT2D eigenvalue weighted by molar-refractivity contribution is 6.19. The standard InChI is InChI=1S/C59H36N4/c1-6-18-46-39(13-1)31-34-52-51-23-11-12-24-55(51)63(56(46)52)43-32-29-38(30-33-43)37-25-27-40(28-26-37)57-60-58(53-35-41-14-2-4-16-44(41)47-19-7-9-21-49(47)53)62-59(61-57)54-36-42-15-3-5-17-45(42)48-20-8-10-22-50(48)54/h1-36H. The van der Waals surface area contributed by atoms with Crippen LogP contribution in [0.1, 0.15) is 0 Å². The minimum absolute atomic E-state index is 0.630. The Morgan fingerprint density at radius 3 is 1.29 bits per heavy atom. The van der Waals surface area contributed by atoms with Gasteiger partial charge in [0.25, 0.3) is 0 Å². The van der Waals surface area contributed by atoms with Gasteiger partial charge < -0.3 is 4.57 Å². The number of fused-ring (bicyclic) bond motifs is 11. The quantitative estimate of drug-likeness (QED) is 0.163. The van der Waals surface area contributed by atoms with Gasteiger partial charge in [0.15, 0.2) is 17.5 Å². The van der Waals surface area contributed by atoms with E-state index in [2.05, 4.69) is 223 Å². The molecular formula is C59H36N4. The minimum atomic E-state index is 0.630. The molecule has 13 rings (SSSR count). The molecule has 2 aromatic heterocycles. The average Bonchev–Trinajstić information content (AvgIpc) is 3.71. The van der Waals surface area contributed by atoms with E-state index in [1.165, 1.54) is 54.1 Å². The van der Waals surface area contributed by atoms with Gasteiger partial charge in [-0.15, -0.1) is 0 Å². The Labute approximate surface area is 363 Å². The second-order valence-electron chi connectivity index (χ2n) is 16.3. The number of benzene rings is 11. The smallest absolute Gasteiger partial charge is 0.164 e. The van der Waals surface area contributed by atoms with E-state index in [0.29, 0.717) is 17.5 Å². The molecular weight excluding hydrogens is 765 g/mol. The van der Waals surface area contributed by atoms with Gasteiger partial charge in [0.2, 0.25) is 0 Å². The Balaban J connectivity index is 0.948. The van der Waals surface area contributed by atoms with Crippen LogP contribution in [0.25, 0.3) is 127 Å². The van der Waals surface area contributed by atoms with Gasteiger partial charge in [-0.1, -0.05) is 188 Å². The normalized spacial score (nSPS) is 11.8. The Morgan fingerprint density at radius 1 is 0.270 bits per heavy atom. The number of rotatable bonds is 5. The largest absolute Gasteiger partial charge is 0.309 e. The maximum atomic E-state index is 5.34. The number of nitrogens with zero attached hydrogens (tertiary/aromatic N) is 4. The SMILES string of the molecule is c1ccc2c(c1)cc(-c1nc(-c3ccc(-c4ccc(-n5c6ccccc6c6ccc7ccccc7c65)cc4)cc3)nc(-c3cc4ccccc4c4ccccc34)n1)c1ccccc12. The molecule has 0 aliphatic carbocycles. The minimum Gasteiger partial charge on any atom is -0.309 e. The zero-order valence-electron chi connectivity index (χ0n) is 34.1. The van der Waals surface area contributed by atoms with E-state index in [-0.39, 0.29) is 0 Å². The van der Waals surface area contributed by atoms with Crippen molar-refractivity contribution < 1.29 is 0 Å². The van der Waals surface area contributed by atoms with Gasteiger partial charge in [-0.05, 0) is 89.9 Å². The Hall–Kier alpha value is -8.47. The molecule has 4 heteroatoms. The van der Waals surface area contributed by atoms with Crippen molar-refractivity contribution in [3.05, 3.63) is 218 Å². The van der Waals surface area contributed by atoms with Crippen molar-refractivity contribution in [2.75, 3.05) is 0 Å². The molecule has 13 aromatic rings. The monoisotopic (exact) mass is 800 g/mol. The summed E-state index contributed by atoms with van der Waals surface area (Å²) >= 11 is 0. The van der Waals surface area contributed by atoms with E-state index < -0.39 is 0 Å². The molecule has 0 bridgehead atoms. The molecule has 0 amide bonds. The van der Waals surface area contributed by atoms with Crippen molar-refractivity contribution in [1.82, 2.24) is 19.5 Å². The fourth-order valence-electron chi connectivity index (χ4n) is 9.84. The number of hydrogen-bond donors (Lipinski definition) is 0. The summed E-state index contributed by atoms with van der Waals surface area (Å²) in [4.78, 5) is 15.9. The van der Waals surface area contributed by atoms with Crippen molar-refractivity contribution in [2.45, 2.75) is 0 Å². The molecule has 0 saturated carbocycles. The third-order valence-electron chi connectivity index (χ3n) is 12.8. The summed E-state index contributed by atoms with van der Waals surface area (Å²) in [6, 6.07) is 78.1. The topological polar surface area (TPSA) is 43.6 Å². The molecule has 4 nitrogen and oxygen atoms in total. The summed E-state index contributed by atoms with van der Waals surface area (Å²) in [5.74, 6) is 1.92. The van der Waals surface area contributed by atoms with Crippen LogP contribution < -0.4 is 0 Å². The number of para-hydroxylation sites is 1. The fraction of sp³-hybridized carbons (Fsp3) is 0. The highest BCUT2D eigenvalue weighted by Gasteiger charge is 2.19. The van der Waals surface area contributed by atoms with Crippen LogP contribution in [0.4, 0.5) is 0 Å². The summed E-state index contributed by atoms with van der Waals surface area (Å²) in [5.41, 5.74) is 8.70. The predicted octanol–water partition coefficient (Wildman–Crippen LogP) is 15.4. The van der Waals surface area contributed by atoms with Crippen molar-refractivity contribution >= 4 is 75.7 Å². The van der Waals surface area contributed by atoms with Crippen LogP contribution in [0, 0.1) is 0 Å². The summed E-state index contributed by atoms with van der Waals surface area (Å²) < 4.78 is 2.41. The zero-order chi connectivity index (χ0) is 41.4. The van der Waals surface area contributed by atoms with Gasteiger partial charge in [-0.3, -0.25) is 0 Å². The molecule has 0 radical (unpaired) electrons. The Morgan fingerprint density at radius 2 is 0.698 bits per heavy atom. The molecule has 0 atom stereocenters. The van der Waals surface area contributed by atoms with E-state index in [1.54, 1.807) is 0 Å². The lowest BCUT2D eigenvalue weighted by molar-refractivity contribution is 1.08. The van der Waals surface area contributed by atoms with Crippen LogP contribution in [0.2, 0.25) is 0 Å². The summed E-state index contributed by atoms with van der Waals surface area (Å²) in [6.45, 7) is 0. The lowest BCUT2D eigenvalue weighted by Crippen LogP contribution is -2.01. The molecule has 292 valence electrons. The molecule has 0 fully saturated rings. The first-order valence-corrected chi connectivity index (χ1v) is 21.4. The highest BCUT2D eigenvalue weighted by Crippen LogP contribution is 2.40. The number of hydrogen-bond acceptors (Lipinski definition) is 3. The first-order chi connectivity index (χ1) is 31.2. The van der Waals surface area contributed by atoms with E-state index in [4.69, 9.17) is 15.0 Å². The molecule has 2 heterocycles. The zero-order valence-corrected chi connectivity index (χ0v) is 34.1. The van der Waals surface area contributed by atoms with E-state index >= 15 is 0 Å². The van der Waals surface area contributed by atoms with Gasteiger partial charge in [-0.25, -0.2) is 15.0 Å². The molecule has 63 heavy (non-hydrogen) atoms. The van der Waals surface area contributed by atoms with Crippen LogP contribution in [0.5, 0.6) is 0 Å². The molecule has 0 N–H and O–H groups in total. The maximum absolute atomic E-state index is 5.34. The van der Waals surface area contributed by atoms with Gasteiger partial charge in [-0.2, -0.15) is 0 Å². The lowest BCUT2D eigenvalue weighted by atomic mass is 9.96. The summed E-state index contributed by atoms with van der Waals surface area (Å²) in [7, 11) is 0. The second-order valence-corrected chi connectivity index (χ2v) is 16.3. The van der Waals surface area contributed by atoms with E-state index in [0.717, 1.165) is 55.0 Å². The number of aromatic nitrogens is 4. The Bertz CT molecular complexity index is 3820. The second kappa shape index (κ2) is 14.1. The van der Waals surface area contributed by atoms with Crippen molar-refractivity contribution in [3.8, 4) is 51.0 Å². The van der Waals surface area contributed by atoms with Crippen LogP contribution in [-0.2, 0) is 0 Å². The van der Waals surface area contributed by atoms with E-state index in [1.807, 2.05) is 0 Å². The molecule has 11 aromatic carbocycles. The molecule has 0 aliphatic rings. The first kappa shape index (κ1) is 35.3. The molecule has 0 spiro atoms. The summed E-state index contributed by atoms with van der Waals surface area (Å²) in [5, 5.41) is 14.3. The predicted molar refractivity (Wildman–Crippen MR) is 263 cm³/mol. The average molecular weight is 801 g/mol. The van der Waals surface area contributed by atoms with Crippen LogP contribution in [0.3, 0.4) is 0 Å². The molecule has 0 unspecified atom stereocenters. The van der Waals surface area contributed by atoms with Crippen LogP contribution in [0.15, 0.2) is 218 Å². The lowest BCUT2D eigenvalue weighted by Gasteiger charge is -2.14. The van der Waals surface area contributed by atoms with Gasteiger partial charge >= 0.3 is 0 Å². The summed E-state index contributed by atoms with van der Waals surface area (Å²) in [6.07, 6.45) is 0. The van der Waals surface area contributed by atoms with Crippen molar-refractivity contribution in [3.63, 3.8) is 0 Å². The van der Waals surface area contributed by atoms with Gasteiger partial charge in [0.05, 0.1) is 11.0 Å². The fourth-order valence-corrected chi connectivity index (χ4v) is 9.84. The van der Waals surface area contributed by atoms with Gasteiger partial charge in [0.1, 0.15) is 0 Å². The highest BCUT2D eigenvalue weighted by atomic mass is 15.0. The van der Waals surface area contributed by atoms with Crippen LogP contribution in [-0.4, -0.2) is 19.5 Å². The third-order valence-corrected chi connectivity index (χ3v) is 12.8. The van der Waals surface area contributed by atoms with Crippen molar-refractivity contribution in [2.24, 2.45) is 0 Å². The Kier molecular flexibility index (Phi) is 7.87. The molecule has 0 aliphatic heterocycles. The van der Waals surface area contributed by atoms with Crippen LogP contribution >= 0.6 is 0 Å². The molecule has 0 saturated heterocycles. The van der Waals surface area contributed by atoms with Gasteiger partial charge in [0, 0.05) is 38.5 Å². The maximum Gasteiger partial charge on any atom is 0.164 e. The third kappa shape index (κ3) is 5.66.